The van der Waals surface area contributed by atoms with Gasteiger partial charge in [0, 0.05) is 18.6 Å². The van der Waals surface area contributed by atoms with E-state index in [1.165, 1.54) is 0 Å². The zero-order chi connectivity index (χ0) is 22.5. The second-order valence-electron chi connectivity index (χ2n) is 7.32. The SMILES string of the molecule is CSCCc1nc(NC(=O)COc2ccccc2)c2ncn([C@H]3C[C@H](O)[C@@H](CO)O3)c2n1. The molecule has 1 aliphatic heterocycles. The number of carbonyl (C=O) groups is 1. The molecule has 0 radical (unpaired) electrons. The van der Waals surface area contributed by atoms with Crippen LogP contribution in [0.5, 0.6) is 5.75 Å². The van der Waals surface area contributed by atoms with Gasteiger partial charge in [-0.2, -0.15) is 11.8 Å². The Kier molecular flexibility index (Phi) is 7.20. The second kappa shape index (κ2) is 10.3. The summed E-state index contributed by atoms with van der Waals surface area (Å²) in [7, 11) is 0. The molecule has 2 aromatic heterocycles. The number of hydrogen-bond acceptors (Lipinski definition) is 9. The van der Waals surface area contributed by atoms with Crippen molar-refractivity contribution in [2.75, 3.05) is 30.5 Å². The number of rotatable bonds is 9. The molecule has 3 atom stereocenters. The second-order valence-corrected chi connectivity index (χ2v) is 8.31. The van der Waals surface area contributed by atoms with E-state index in [1.807, 2.05) is 24.5 Å². The monoisotopic (exact) mass is 459 g/mol. The number of imidazole rings is 1. The lowest BCUT2D eigenvalue weighted by atomic mass is 10.2. The summed E-state index contributed by atoms with van der Waals surface area (Å²) in [4.78, 5) is 26.0. The van der Waals surface area contributed by atoms with Crippen LogP contribution in [-0.2, 0) is 16.0 Å². The van der Waals surface area contributed by atoms with E-state index < -0.39 is 18.4 Å². The maximum atomic E-state index is 12.5. The summed E-state index contributed by atoms with van der Waals surface area (Å²) in [5.41, 5.74) is 0.905. The van der Waals surface area contributed by atoms with Gasteiger partial charge in [0.05, 0.1) is 19.0 Å². The number of nitrogens with zero attached hydrogens (tertiary/aromatic N) is 4. The number of aromatic nitrogens is 4. The minimum Gasteiger partial charge on any atom is -0.484 e. The first-order valence-electron chi connectivity index (χ1n) is 10.2. The van der Waals surface area contributed by atoms with Gasteiger partial charge in [-0.1, -0.05) is 18.2 Å². The summed E-state index contributed by atoms with van der Waals surface area (Å²) < 4.78 is 13.0. The number of ether oxygens (including phenoxy) is 2. The lowest BCUT2D eigenvalue weighted by Crippen LogP contribution is -2.24. The number of anilines is 1. The molecule has 1 aliphatic rings. The molecule has 3 heterocycles. The number of aliphatic hydroxyl groups excluding tert-OH is 2. The van der Waals surface area contributed by atoms with Crippen LogP contribution in [-0.4, -0.2) is 73.1 Å². The number of aryl methyl sites for hydroxylation is 1. The van der Waals surface area contributed by atoms with Crippen LogP contribution < -0.4 is 10.1 Å². The van der Waals surface area contributed by atoms with Gasteiger partial charge in [-0.05, 0) is 18.4 Å². The van der Waals surface area contributed by atoms with E-state index in [1.54, 1.807) is 34.8 Å². The fourth-order valence-electron chi connectivity index (χ4n) is 3.45. The van der Waals surface area contributed by atoms with Crippen molar-refractivity contribution in [1.82, 2.24) is 19.5 Å². The Hall–Kier alpha value is -2.73. The van der Waals surface area contributed by atoms with E-state index in [-0.39, 0.29) is 19.1 Å². The number of thioether (sulfide) groups is 1. The molecule has 4 rings (SSSR count). The Balaban J connectivity index is 1.58. The standard InChI is InChI=1S/C21H25N5O5S/c1-32-8-7-16-23-20(25-17(29)11-30-13-5-3-2-4-6-13)19-21(24-16)26(12-22-19)18-9-14(28)15(10-27)31-18/h2-6,12,14-15,18,27-28H,7-11H2,1H3,(H,23,24,25,29)/t14-,15+,18+/m0/s1. The largest absolute Gasteiger partial charge is 0.484 e. The number of aliphatic hydroxyl groups is 2. The third-order valence-corrected chi connectivity index (χ3v) is 5.68. The van der Waals surface area contributed by atoms with Crippen molar-refractivity contribution in [3.63, 3.8) is 0 Å². The Morgan fingerprint density at radius 3 is 2.88 bits per heavy atom. The fraction of sp³-hybridized carbons (Fsp3) is 0.429. The number of benzene rings is 1. The van der Waals surface area contributed by atoms with E-state index in [4.69, 9.17) is 9.47 Å². The predicted molar refractivity (Wildman–Crippen MR) is 120 cm³/mol. The van der Waals surface area contributed by atoms with E-state index >= 15 is 0 Å². The number of carbonyl (C=O) groups excluding carboxylic acids is 1. The Morgan fingerprint density at radius 2 is 2.16 bits per heavy atom. The van der Waals surface area contributed by atoms with Crippen LogP contribution in [0.4, 0.5) is 5.82 Å². The van der Waals surface area contributed by atoms with Crippen LogP contribution in [0, 0.1) is 0 Å². The normalized spacial score (nSPS) is 20.5. The number of para-hydroxylation sites is 1. The van der Waals surface area contributed by atoms with Gasteiger partial charge >= 0.3 is 0 Å². The number of hydrogen-bond donors (Lipinski definition) is 3. The molecule has 0 bridgehead atoms. The average Bonchev–Trinajstić information content (AvgIpc) is 3.40. The topological polar surface area (TPSA) is 132 Å². The molecule has 1 aromatic carbocycles. The molecule has 1 amide bonds. The van der Waals surface area contributed by atoms with Gasteiger partial charge in [-0.25, -0.2) is 15.0 Å². The van der Waals surface area contributed by atoms with Crippen molar-refractivity contribution < 1.29 is 24.5 Å². The van der Waals surface area contributed by atoms with Crippen molar-refractivity contribution in [1.29, 1.82) is 0 Å². The summed E-state index contributed by atoms with van der Waals surface area (Å²) in [6.07, 6.45) is 2.48. The van der Waals surface area contributed by atoms with E-state index in [0.717, 1.165) is 5.75 Å². The summed E-state index contributed by atoms with van der Waals surface area (Å²) in [6.45, 7) is -0.451. The maximum Gasteiger partial charge on any atom is 0.263 e. The molecule has 3 N–H and O–H groups in total. The first-order valence-corrected chi connectivity index (χ1v) is 11.6. The number of amides is 1. The van der Waals surface area contributed by atoms with Crippen LogP contribution in [0.15, 0.2) is 36.7 Å². The predicted octanol–water partition coefficient (Wildman–Crippen LogP) is 1.39. The van der Waals surface area contributed by atoms with E-state index in [0.29, 0.717) is 41.4 Å². The van der Waals surface area contributed by atoms with Gasteiger partial charge in [0.2, 0.25) is 0 Å². The molecule has 0 saturated carbocycles. The highest BCUT2D eigenvalue weighted by Crippen LogP contribution is 2.32. The fourth-order valence-corrected chi connectivity index (χ4v) is 3.84. The van der Waals surface area contributed by atoms with Crippen LogP contribution >= 0.6 is 11.8 Å². The molecule has 3 aromatic rings. The zero-order valence-corrected chi connectivity index (χ0v) is 18.4. The Morgan fingerprint density at radius 1 is 1.34 bits per heavy atom. The van der Waals surface area contributed by atoms with E-state index in [9.17, 15) is 15.0 Å². The first kappa shape index (κ1) is 22.5. The molecule has 170 valence electrons. The minimum atomic E-state index is -0.783. The lowest BCUT2D eigenvalue weighted by molar-refractivity contribution is -0.118. The summed E-state index contributed by atoms with van der Waals surface area (Å²) >= 11 is 1.67. The van der Waals surface area contributed by atoms with Crippen molar-refractivity contribution in [2.45, 2.75) is 31.3 Å². The van der Waals surface area contributed by atoms with Crippen molar-refractivity contribution in [2.24, 2.45) is 0 Å². The molecular formula is C21H25N5O5S. The molecule has 0 unspecified atom stereocenters. The third kappa shape index (κ3) is 5.01. The number of fused-ring (bicyclic) bond motifs is 1. The van der Waals surface area contributed by atoms with Crippen molar-refractivity contribution in [3.8, 4) is 5.75 Å². The van der Waals surface area contributed by atoms with Gasteiger partial charge in [-0.15, -0.1) is 0 Å². The average molecular weight is 460 g/mol. The molecule has 0 aliphatic carbocycles. The van der Waals surface area contributed by atoms with Crippen LogP contribution in [0.25, 0.3) is 11.2 Å². The lowest BCUT2D eigenvalue weighted by Gasteiger charge is -2.14. The summed E-state index contributed by atoms with van der Waals surface area (Å²) in [5, 5.41) is 22.3. The van der Waals surface area contributed by atoms with E-state index in [2.05, 4.69) is 20.3 Å². The highest BCUT2D eigenvalue weighted by molar-refractivity contribution is 7.98. The third-order valence-electron chi connectivity index (χ3n) is 5.06. The van der Waals surface area contributed by atoms with Crippen LogP contribution in [0.1, 0.15) is 18.5 Å². The Labute approximate surface area is 189 Å². The van der Waals surface area contributed by atoms with Crippen molar-refractivity contribution in [3.05, 3.63) is 42.5 Å². The molecule has 10 nitrogen and oxygen atoms in total. The molecule has 1 fully saturated rings. The number of nitrogens with one attached hydrogen (secondary N) is 1. The smallest absolute Gasteiger partial charge is 0.263 e. The van der Waals surface area contributed by atoms with Crippen LogP contribution in [0.3, 0.4) is 0 Å². The van der Waals surface area contributed by atoms with Crippen molar-refractivity contribution >= 4 is 34.7 Å². The van der Waals surface area contributed by atoms with Gasteiger partial charge in [0.15, 0.2) is 23.6 Å². The molecule has 11 heteroatoms. The quantitative estimate of drug-likeness (QED) is 0.434. The van der Waals surface area contributed by atoms with Gasteiger partial charge < -0.3 is 25.0 Å². The highest BCUT2D eigenvalue weighted by atomic mass is 32.2. The molecule has 0 spiro atoms. The van der Waals surface area contributed by atoms with Gasteiger partial charge in [-0.3, -0.25) is 9.36 Å². The molecular weight excluding hydrogens is 434 g/mol. The molecule has 32 heavy (non-hydrogen) atoms. The minimum absolute atomic E-state index is 0.174. The van der Waals surface area contributed by atoms with Gasteiger partial charge in [0.1, 0.15) is 23.9 Å². The Bertz CT molecular complexity index is 1060. The van der Waals surface area contributed by atoms with Gasteiger partial charge in [0.25, 0.3) is 5.91 Å². The summed E-state index contributed by atoms with van der Waals surface area (Å²) in [5.74, 6) is 1.90. The zero-order valence-electron chi connectivity index (χ0n) is 17.5. The molecule has 1 saturated heterocycles. The summed E-state index contributed by atoms with van der Waals surface area (Å²) in [6, 6.07) is 9.07. The highest BCUT2D eigenvalue weighted by Gasteiger charge is 2.35. The maximum absolute atomic E-state index is 12.5. The van der Waals surface area contributed by atoms with Crippen LogP contribution in [0.2, 0.25) is 0 Å². The first-order chi connectivity index (χ1) is 15.6.